The second kappa shape index (κ2) is 11.0. The van der Waals surface area contributed by atoms with Gasteiger partial charge in [0.2, 0.25) is 33.6 Å². The van der Waals surface area contributed by atoms with E-state index in [0.29, 0.717) is 34.6 Å². The van der Waals surface area contributed by atoms with E-state index in [1.165, 1.54) is 32.1 Å². The number of para-hydroxylation sites is 1. The first-order valence-electron chi connectivity index (χ1n) is 12.3. The zero-order valence-corrected chi connectivity index (χ0v) is 23.1. The summed E-state index contributed by atoms with van der Waals surface area (Å²) in [4.78, 5) is 10.1. The molecule has 2 N–H and O–H groups in total. The van der Waals surface area contributed by atoms with Gasteiger partial charge in [-0.2, -0.15) is 4.98 Å². The molecule has 3 aromatic heterocycles. The highest BCUT2D eigenvalue weighted by Crippen LogP contribution is 2.38. The summed E-state index contributed by atoms with van der Waals surface area (Å²) >= 11 is 0. The van der Waals surface area contributed by atoms with Crippen molar-refractivity contribution in [3.05, 3.63) is 48.4 Å². The number of ether oxygens (including phenoxy) is 3. The molecule has 4 aromatic rings. The zero-order chi connectivity index (χ0) is 28.4. The number of β-amino-alcohol motifs (C(OH)–C–C–N with tert-alkyl or cyclic N) is 1. The molecule has 1 aromatic carbocycles. The number of benzene rings is 1. The predicted molar refractivity (Wildman–Crippen MR) is 145 cm³/mol. The van der Waals surface area contributed by atoms with Crippen molar-refractivity contribution in [1.29, 1.82) is 0 Å². The summed E-state index contributed by atoms with van der Waals surface area (Å²) in [5.74, 6) is 2.45. The number of aryl methyl sites for hydroxylation is 1. The van der Waals surface area contributed by atoms with Gasteiger partial charge in [-0.25, -0.2) is 13.4 Å². The highest BCUT2D eigenvalue weighted by Gasteiger charge is 2.37. The molecule has 1 saturated heterocycles. The lowest BCUT2D eigenvalue weighted by Gasteiger charge is -2.35. The van der Waals surface area contributed by atoms with Crippen molar-refractivity contribution in [3.63, 3.8) is 0 Å². The Labute approximate surface area is 230 Å². The van der Waals surface area contributed by atoms with E-state index in [0.717, 1.165) is 0 Å². The van der Waals surface area contributed by atoms with Crippen LogP contribution in [0.5, 0.6) is 17.4 Å². The van der Waals surface area contributed by atoms with Gasteiger partial charge < -0.3 is 28.6 Å². The Balaban J connectivity index is 1.55. The Kier molecular flexibility index (Phi) is 7.49. The topological polar surface area (TPSA) is 167 Å². The monoisotopic (exact) mass is 571 g/mol. The summed E-state index contributed by atoms with van der Waals surface area (Å²) in [5.41, 5.74) is 0.370. The lowest BCUT2D eigenvalue weighted by atomic mass is 10.1. The molecule has 14 nitrogen and oxygen atoms in total. The average Bonchev–Trinajstić information content (AvgIpc) is 3.57. The number of anilines is 2. The summed E-state index contributed by atoms with van der Waals surface area (Å²) in [7, 11) is 0.314. The van der Waals surface area contributed by atoms with E-state index in [-0.39, 0.29) is 37.2 Å². The number of rotatable bonds is 9. The second-order valence-electron chi connectivity index (χ2n) is 9.07. The van der Waals surface area contributed by atoms with E-state index in [2.05, 4.69) is 24.9 Å². The molecule has 1 aliphatic rings. The van der Waals surface area contributed by atoms with Crippen LogP contribution in [0, 0.1) is 6.92 Å². The van der Waals surface area contributed by atoms with Gasteiger partial charge in [0.25, 0.3) is 0 Å². The summed E-state index contributed by atoms with van der Waals surface area (Å²) in [5, 5.41) is 18.0. The Morgan fingerprint density at radius 2 is 1.77 bits per heavy atom. The maximum Gasteiger partial charge on any atom is 0.243 e. The standard InChI is InChI=1S/C25H29N7O7S/c1-15-8-9-20(39-15)23-28-29-25(32(23)22-18(36-2)6-5-7-19(22)37-3)30-40(34,35)17-12-16(33)13-31(14-17)24-26-11-10-21(27-24)38-4/h5-11,16-17,33H,12-14H2,1-4H3,(H,29,30)/t16-,17+/m1/s1. The fourth-order valence-corrected chi connectivity index (χ4v) is 5.96. The molecule has 0 bridgehead atoms. The molecule has 0 unspecified atom stereocenters. The quantitative estimate of drug-likeness (QED) is 0.300. The zero-order valence-electron chi connectivity index (χ0n) is 22.3. The Morgan fingerprint density at radius 3 is 2.42 bits per heavy atom. The number of nitrogens with one attached hydrogen (secondary N) is 1. The van der Waals surface area contributed by atoms with Crippen molar-refractivity contribution < 1.29 is 32.2 Å². The number of sulfonamides is 1. The number of hydrogen-bond donors (Lipinski definition) is 2. The van der Waals surface area contributed by atoms with Gasteiger partial charge in [0.15, 0.2) is 5.76 Å². The van der Waals surface area contributed by atoms with Crippen molar-refractivity contribution in [2.75, 3.05) is 44.0 Å². The minimum Gasteiger partial charge on any atom is -0.494 e. The van der Waals surface area contributed by atoms with E-state index in [4.69, 9.17) is 18.6 Å². The largest absolute Gasteiger partial charge is 0.494 e. The molecular weight excluding hydrogens is 542 g/mol. The summed E-state index contributed by atoms with van der Waals surface area (Å²) < 4.78 is 53.7. The van der Waals surface area contributed by atoms with Crippen LogP contribution < -0.4 is 23.8 Å². The van der Waals surface area contributed by atoms with Crippen molar-refractivity contribution in [3.8, 4) is 34.7 Å². The summed E-state index contributed by atoms with van der Waals surface area (Å²) in [6, 6.07) is 10.2. The van der Waals surface area contributed by atoms with Crippen molar-refractivity contribution >= 4 is 21.9 Å². The third-order valence-electron chi connectivity index (χ3n) is 6.42. The normalized spacial score (nSPS) is 17.5. The second-order valence-corrected chi connectivity index (χ2v) is 11.0. The lowest BCUT2D eigenvalue weighted by molar-refractivity contribution is 0.154. The number of hydrogen-bond acceptors (Lipinski definition) is 12. The van der Waals surface area contributed by atoms with Gasteiger partial charge in [0.1, 0.15) is 28.2 Å². The van der Waals surface area contributed by atoms with Gasteiger partial charge in [0.05, 0.1) is 27.4 Å². The third-order valence-corrected chi connectivity index (χ3v) is 8.11. The van der Waals surface area contributed by atoms with Gasteiger partial charge in [-0.05, 0) is 37.6 Å². The highest BCUT2D eigenvalue weighted by atomic mass is 32.2. The van der Waals surface area contributed by atoms with Gasteiger partial charge >= 0.3 is 0 Å². The maximum absolute atomic E-state index is 13.8. The average molecular weight is 572 g/mol. The Morgan fingerprint density at radius 1 is 1.02 bits per heavy atom. The molecular formula is C25H29N7O7S. The molecule has 15 heteroatoms. The summed E-state index contributed by atoms with van der Waals surface area (Å²) in [6.45, 7) is 1.97. The van der Waals surface area contributed by atoms with Crippen LogP contribution >= 0.6 is 0 Å². The molecule has 0 spiro atoms. The van der Waals surface area contributed by atoms with Crippen LogP contribution in [0.3, 0.4) is 0 Å². The molecule has 212 valence electrons. The first-order valence-corrected chi connectivity index (χ1v) is 13.8. The van der Waals surface area contributed by atoms with Crippen LogP contribution in [0.2, 0.25) is 0 Å². The molecule has 0 radical (unpaired) electrons. The Bertz CT molecular complexity index is 1580. The van der Waals surface area contributed by atoms with Crippen LogP contribution in [0.4, 0.5) is 11.9 Å². The third kappa shape index (κ3) is 5.24. The van der Waals surface area contributed by atoms with Gasteiger partial charge in [0, 0.05) is 25.4 Å². The van der Waals surface area contributed by atoms with Crippen molar-refractivity contribution in [2.24, 2.45) is 0 Å². The van der Waals surface area contributed by atoms with E-state index >= 15 is 0 Å². The Hall–Kier alpha value is -4.37. The van der Waals surface area contributed by atoms with Crippen molar-refractivity contribution in [2.45, 2.75) is 24.7 Å². The van der Waals surface area contributed by atoms with Crippen LogP contribution in [-0.2, 0) is 10.0 Å². The number of furan rings is 1. The lowest BCUT2D eigenvalue weighted by Crippen LogP contribution is -2.50. The van der Waals surface area contributed by atoms with E-state index in [1.807, 2.05) is 0 Å². The molecule has 0 aliphatic carbocycles. The molecule has 4 heterocycles. The van der Waals surface area contributed by atoms with Crippen LogP contribution in [0.1, 0.15) is 12.2 Å². The van der Waals surface area contributed by atoms with E-state index < -0.39 is 21.4 Å². The SMILES string of the molecule is COc1ccnc(N2C[C@H](O)C[C@H](S(=O)(=O)Nc3nnc(-c4ccc(C)o4)n3-c3c(OC)cccc3OC)C2)n1. The number of aliphatic hydroxyl groups is 1. The maximum atomic E-state index is 13.8. The molecule has 1 aliphatic heterocycles. The minimum absolute atomic E-state index is 0.00778. The highest BCUT2D eigenvalue weighted by molar-refractivity contribution is 7.93. The van der Waals surface area contributed by atoms with Gasteiger partial charge in [-0.3, -0.25) is 9.29 Å². The number of aliphatic hydroxyl groups excluding tert-OH is 1. The molecule has 1 fully saturated rings. The number of piperidine rings is 1. The van der Waals surface area contributed by atoms with Crippen LogP contribution in [-0.4, -0.2) is 84.0 Å². The molecule has 2 atom stereocenters. The molecule has 5 rings (SSSR count). The van der Waals surface area contributed by atoms with E-state index in [9.17, 15) is 13.5 Å². The first-order chi connectivity index (χ1) is 19.2. The molecule has 0 amide bonds. The van der Waals surface area contributed by atoms with Crippen LogP contribution in [0.15, 0.2) is 47.0 Å². The number of aromatic nitrogens is 5. The summed E-state index contributed by atoms with van der Waals surface area (Å²) in [6.07, 6.45) is 0.552. The number of nitrogens with zero attached hydrogens (tertiary/aromatic N) is 6. The molecule has 40 heavy (non-hydrogen) atoms. The van der Waals surface area contributed by atoms with Gasteiger partial charge in [-0.15, -0.1) is 10.2 Å². The smallest absolute Gasteiger partial charge is 0.243 e. The fourth-order valence-electron chi connectivity index (χ4n) is 4.55. The fraction of sp³-hybridized carbons (Fsp3) is 0.360. The first kappa shape index (κ1) is 27.2. The van der Waals surface area contributed by atoms with Crippen LogP contribution in [0.25, 0.3) is 17.3 Å². The molecule has 0 saturated carbocycles. The van der Waals surface area contributed by atoms with E-state index in [1.54, 1.807) is 48.2 Å². The number of methoxy groups -OCH3 is 3. The minimum atomic E-state index is -4.13. The van der Waals surface area contributed by atoms with Gasteiger partial charge in [-0.1, -0.05) is 6.07 Å². The van der Waals surface area contributed by atoms with Crippen molar-refractivity contribution in [1.82, 2.24) is 24.7 Å². The predicted octanol–water partition coefficient (Wildman–Crippen LogP) is 2.03.